The molecule has 1 aliphatic carbocycles. The van der Waals surface area contributed by atoms with Gasteiger partial charge in [0.15, 0.2) is 0 Å². The highest BCUT2D eigenvalue weighted by molar-refractivity contribution is 5.41. The van der Waals surface area contributed by atoms with Gasteiger partial charge in [0.25, 0.3) is 0 Å². The fraction of sp³-hybridized carbons (Fsp3) is 0.714. The number of hydrogen-bond acceptors (Lipinski definition) is 0. The van der Waals surface area contributed by atoms with Gasteiger partial charge in [0.05, 0.1) is 0 Å². The van der Waals surface area contributed by atoms with E-state index < -0.39 is 0 Å². The molecule has 0 amide bonds. The van der Waals surface area contributed by atoms with Crippen molar-refractivity contribution in [2.75, 3.05) is 0 Å². The number of fused-ring (bicyclic) bond motifs is 1. The lowest BCUT2D eigenvalue weighted by molar-refractivity contribution is 0.211. The summed E-state index contributed by atoms with van der Waals surface area (Å²) in [7, 11) is 0. The molecular formula is C21H34. The lowest BCUT2D eigenvalue weighted by atomic mass is 9.66. The van der Waals surface area contributed by atoms with E-state index in [-0.39, 0.29) is 0 Å². The van der Waals surface area contributed by atoms with Gasteiger partial charge in [0.2, 0.25) is 0 Å². The van der Waals surface area contributed by atoms with E-state index in [9.17, 15) is 0 Å². The van der Waals surface area contributed by atoms with Gasteiger partial charge in [0, 0.05) is 0 Å². The Morgan fingerprint density at radius 2 is 1.71 bits per heavy atom. The van der Waals surface area contributed by atoms with Crippen LogP contribution in [0.15, 0.2) is 12.1 Å². The van der Waals surface area contributed by atoms with Crippen LogP contribution in [0, 0.1) is 16.7 Å². The van der Waals surface area contributed by atoms with Crippen molar-refractivity contribution in [3.63, 3.8) is 0 Å². The summed E-state index contributed by atoms with van der Waals surface area (Å²) >= 11 is 0. The third kappa shape index (κ3) is 3.52. The molecule has 0 nitrogen and oxygen atoms in total. The minimum absolute atomic E-state index is 0.414. The molecule has 1 aromatic rings. The topological polar surface area (TPSA) is 0 Å². The zero-order chi connectivity index (χ0) is 15.8. The first-order valence-corrected chi connectivity index (χ1v) is 8.82. The van der Waals surface area contributed by atoms with Crippen LogP contribution in [0.1, 0.15) is 77.1 Å². The molecule has 0 saturated carbocycles. The van der Waals surface area contributed by atoms with Crippen LogP contribution in [-0.2, 0) is 25.7 Å². The summed E-state index contributed by atoms with van der Waals surface area (Å²) in [6, 6.07) is 5.08. The van der Waals surface area contributed by atoms with Crippen LogP contribution < -0.4 is 0 Å². The average Bonchev–Trinajstić information content (AvgIpc) is 2.39. The molecule has 118 valence electrons. The summed E-state index contributed by atoms with van der Waals surface area (Å²) in [6.45, 7) is 16.7. The predicted octanol–water partition coefficient (Wildman–Crippen LogP) is 5.99. The van der Waals surface area contributed by atoms with E-state index in [1.165, 1.54) is 32.1 Å². The largest absolute Gasteiger partial charge is 0.0649 e. The highest BCUT2D eigenvalue weighted by Crippen LogP contribution is 2.41. The van der Waals surface area contributed by atoms with E-state index in [2.05, 4.69) is 60.6 Å². The van der Waals surface area contributed by atoms with Crippen LogP contribution in [0.4, 0.5) is 0 Å². The van der Waals surface area contributed by atoms with Gasteiger partial charge in [-0.3, -0.25) is 0 Å². The predicted molar refractivity (Wildman–Crippen MR) is 93.9 cm³/mol. The Balaban J connectivity index is 2.40. The molecule has 0 aromatic heterocycles. The van der Waals surface area contributed by atoms with Crippen LogP contribution >= 0.6 is 0 Å². The third-order valence-corrected chi connectivity index (χ3v) is 6.04. The van der Waals surface area contributed by atoms with Crippen molar-refractivity contribution in [3.05, 3.63) is 34.4 Å². The summed E-state index contributed by atoms with van der Waals surface area (Å²) in [6.07, 6.45) is 6.13. The van der Waals surface area contributed by atoms with Crippen LogP contribution in [0.25, 0.3) is 0 Å². The number of benzene rings is 1. The van der Waals surface area contributed by atoms with E-state index in [0.29, 0.717) is 10.8 Å². The van der Waals surface area contributed by atoms with Crippen molar-refractivity contribution in [2.45, 2.75) is 80.6 Å². The lowest BCUT2D eigenvalue weighted by Gasteiger charge is -2.38. The minimum Gasteiger partial charge on any atom is -0.0649 e. The fourth-order valence-electron chi connectivity index (χ4n) is 3.55. The van der Waals surface area contributed by atoms with Gasteiger partial charge in [0.1, 0.15) is 0 Å². The molecule has 0 bridgehead atoms. The molecule has 21 heavy (non-hydrogen) atoms. The van der Waals surface area contributed by atoms with E-state index in [1.54, 1.807) is 22.3 Å². The van der Waals surface area contributed by atoms with E-state index in [4.69, 9.17) is 0 Å². The summed E-state index contributed by atoms with van der Waals surface area (Å²) < 4.78 is 0. The van der Waals surface area contributed by atoms with Gasteiger partial charge < -0.3 is 0 Å². The van der Waals surface area contributed by atoms with E-state index in [0.717, 1.165) is 5.92 Å². The van der Waals surface area contributed by atoms with Crippen LogP contribution in [-0.4, -0.2) is 0 Å². The quantitative estimate of drug-likeness (QED) is 0.638. The lowest BCUT2D eigenvalue weighted by Crippen LogP contribution is -2.31. The Morgan fingerprint density at radius 3 is 2.29 bits per heavy atom. The summed E-state index contributed by atoms with van der Waals surface area (Å²) in [4.78, 5) is 0. The molecule has 1 atom stereocenters. The summed E-state index contributed by atoms with van der Waals surface area (Å²) in [5, 5.41) is 0. The first-order valence-electron chi connectivity index (χ1n) is 8.82. The fourth-order valence-corrected chi connectivity index (χ4v) is 3.55. The second-order valence-electron chi connectivity index (χ2n) is 8.71. The maximum Gasteiger partial charge on any atom is -0.0222 e. The molecule has 0 radical (unpaired) electrons. The molecule has 1 unspecified atom stereocenters. The van der Waals surface area contributed by atoms with E-state index >= 15 is 0 Å². The van der Waals surface area contributed by atoms with Crippen LogP contribution in [0.2, 0.25) is 0 Å². The zero-order valence-corrected chi connectivity index (χ0v) is 15.3. The Bertz CT molecular complexity index is 505. The second kappa shape index (κ2) is 5.78. The minimum atomic E-state index is 0.414. The summed E-state index contributed by atoms with van der Waals surface area (Å²) in [5.41, 5.74) is 7.30. The molecule has 0 spiro atoms. The molecule has 1 aromatic carbocycles. The normalized spacial score (nSPS) is 21.2. The molecule has 1 aliphatic rings. The van der Waals surface area contributed by atoms with Crippen LogP contribution in [0.3, 0.4) is 0 Å². The number of rotatable bonds is 4. The molecule has 0 aliphatic heterocycles. The molecule has 0 heteroatoms. The van der Waals surface area contributed by atoms with Gasteiger partial charge in [-0.15, -0.1) is 0 Å². The maximum absolute atomic E-state index is 2.55. The Kier molecular flexibility index (Phi) is 4.57. The van der Waals surface area contributed by atoms with Crippen LogP contribution in [0.5, 0.6) is 0 Å². The molecule has 0 heterocycles. The SMILES string of the molecule is CCc1cc2c(cc1CC(C)(C)CC)CC(C)C(C)(C)C2. The molecule has 0 N–H and O–H groups in total. The maximum atomic E-state index is 2.55. The smallest absolute Gasteiger partial charge is 0.0222 e. The number of aryl methyl sites for hydroxylation is 1. The first kappa shape index (κ1) is 16.6. The second-order valence-corrected chi connectivity index (χ2v) is 8.71. The first-order chi connectivity index (χ1) is 9.68. The van der Waals surface area contributed by atoms with Crippen molar-refractivity contribution in [1.29, 1.82) is 0 Å². The molecule has 2 rings (SSSR count). The van der Waals surface area contributed by atoms with E-state index in [1.807, 2.05) is 0 Å². The van der Waals surface area contributed by atoms with Crippen molar-refractivity contribution in [3.8, 4) is 0 Å². The van der Waals surface area contributed by atoms with Gasteiger partial charge in [-0.2, -0.15) is 0 Å². The van der Waals surface area contributed by atoms with Gasteiger partial charge in [-0.25, -0.2) is 0 Å². The van der Waals surface area contributed by atoms with Crippen molar-refractivity contribution in [1.82, 2.24) is 0 Å². The standard InChI is InChI=1S/C21H34/c1-8-16-11-19-14-21(6,7)15(3)10-17(19)12-18(16)13-20(4,5)9-2/h11-12,15H,8-10,13-14H2,1-7H3. The highest BCUT2D eigenvalue weighted by atomic mass is 14.4. The van der Waals surface area contributed by atoms with Crippen molar-refractivity contribution >= 4 is 0 Å². The summed E-state index contributed by atoms with van der Waals surface area (Å²) in [5.74, 6) is 0.782. The molecule has 0 saturated heterocycles. The van der Waals surface area contributed by atoms with Gasteiger partial charge in [-0.1, -0.05) is 67.0 Å². The Labute approximate surface area is 132 Å². The third-order valence-electron chi connectivity index (χ3n) is 6.04. The monoisotopic (exact) mass is 286 g/mol. The van der Waals surface area contributed by atoms with Gasteiger partial charge in [-0.05, 0) is 64.7 Å². The van der Waals surface area contributed by atoms with Crippen molar-refractivity contribution < 1.29 is 0 Å². The zero-order valence-electron chi connectivity index (χ0n) is 15.3. The Hall–Kier alpha value is -0.780. The molecular weight excluding hydrogens is 252 g/mol. The highest BCUT2D eigenvalue weighted by Gasteiger charge is 2.32. The van der Waals surface area contributed by atoms with Gasteiger partial charge >= 0.3 is 0 Å². The molecule has 0 fully saturated rings. The Morgan fingerprint density at radius 1 is 1.10 bits per heavy atom. The van der Waals surface area contributed by atoms with Crippen molar-refractivity contribution in [2.24, 2.45) is 16.7 Å². The average molecular weight is 287 g/mol. The number of hydrogen-bond donors (Lipinski definition) is 0.